The van der Waals surface area contributed by atoms with Crippen LogP contribution in [-0.2, 0) is 19.1 Å². The number of likely N-dealkylation sites (tertiary alicyclic amines) is 1. The number of benzene rings is 1. The zero-order valence-corrected chi connectivity index (χ0v) is 20.8. The molecule has 4 rings (SSSR count). The highest BCUT2D eigenvalue weighted by Gasteiger charge is 2.30. The standard InChI is InChI=1S/C27H35N3O6/c1-19(32)30-18-22(21-8-2-3-9-23(21)30)20-16-24(36-26(17-20)35-15-5-4-14-31)27(34)28-11-7-13-29-12-6-10-25(29)33/h2-3,8-9,16,18,20,26,31H,4-7,10-15,17H2,1H3,(H,28,34)/t20-,26+/m1/s1. The lowest BCUT2D eigenvalue weighted by Crippen LogP contribution is -2.35. The second-order valence-corrected chi connectivity index (χ2v) is 9.31. The molecule has 2 atom stereocenters. The first-order valence-corrected chi connectivity index (χ1v) is 12.8. The van der Waals surface area contributed by atoms with Gasteiger partial charge in [-0.3, -0.25) is 19.0 Å². The van der Waals surface area contributed by atoms with Crippen molar-refractivity contribution in [3.05, 3.63) is 47.9 Å². The van der Waals surface area contributed by atoms with Gasteiger partial charge < -0.3 is 24.8 Å². The summed E-state index contributed by atoms with van der Waals surface area (Å²) in [6, 6.07) is 7.71. The number of hydrogen-bond donors (Lipinski definition) is 2. The second-order valence-electron chi connectivity index (χ2n) is 9.31. The monoisotopic (exact) mass is 497 g/mol. The molecule has 2 aliphatic heterocycles. The molecule has 3 heterocycles. The van der Waals surface area contributed by atoms with Crippen molar-refractivity contribution in [2.45, 2.75) is 57.7 Å². The van der Waals surface area contributed by atoms with Gasteiger partial charge in [-0.1, -0.05) is 18.2 Å². The van der Waals surface area contributed by atoms with E-state index in [1.54, 1.807) is 10.6 Å². The minimum atomic E-state index is -0.624. The summed E-state index contributed by atoms with van der Waals surface area (Å²) in [7, 11) is 0. The summed E-state index contributed by atoms with van der Waals surface area (Å²) in [6.45, 7) is 3.87. The molecular formula is C27H35N3O6. The number of hydrogen-bond acceptors (Lipinski definition) is 6. The number of fused-ring (bicyclic) bond motifs is 1. The highest BCUT2D eigenvalue weighted by atomic mass is 16.7. The molecule has 1 aromatic heterocycles. The van der Waals surface area contributed by atoms with Crippen LogP contribution < -0.4 is 5.32 Å². The molecule has 0 aliphatic carbocycles. The quantitative estimate of drug-likeness (QED) is 0.462. The Morgan fingerprint density at radius 2 is 2.06 bits per heavy atom. The third kappa shape index (κ3) is 6.14. The number of rotatable bonds is 11. The zero-order chi connectivity index (χ0) is 25.5. The molecular weight excluding hydrogens is 462 g/mol. The first kappa shape index (κ1) is 25.9. The molecule has 9 nitrogen and oxygen atoms in total. The van der Waals surface area contributed by atoms with Crippen molar-refractivity contribution in [3.63, 3.8) is 0 Å². The van der Waals surface area contributed by atoms with Crippen LogP contribution >= 0.6 is 0 Å². The van der Waals surface area contributed by atoms with Crippen LogP contribution in [0.5, 0.6) is 0 Å². The van der Waals surface area contributed by atoms with E-state index in [0.29, 0.717) is 51.8 Å². The minimum Gasteiger partial charge on any atom is -0.459 e. The maximum atomic E-state index is 13.0. The van der Waals surface area contributed by atoms with Crippen LogP contribution in [0.15, 0.2) is 42.3 Å². The summed E-state index contributed by atoms with van der Waals surface area (Å²) >= 11 is 0. The fourth-order valence-corrected chi connectivity index (χ4v) is 4.83. The summed E-state index contributed by atoms with van der Waals surface area (Å²) < 4.78 is 13.5. The van der Waals surface area contributed by atoms with Crippen LogP contribution in [0, 0.1) is 0 Å². The third-order valence-electron chi connectivity index (χ3n) is 6.68. The molecule has 2 aliphatic rings. The largest absolute Gasteiger partial charge is 0.459 e. The molecule has 194 valence electrons. The van der Waals surface area contributed by atoms with Gasteiger partial charge in [0.05, 0.1) is 12.1 Å². The molecule has 36 heavy (non-hydrogen) atoms. The Morgan fingerprint density at radius 1 is 1.22 bits per heavy atom. The van der Waals surface area contributed by atoms with Gasteiger partial charge in [0, 0.05) is 63.5 Å². The second kappa shape index (κ2) is 12.2. The van der Waals surface area contributed by atoms with E-state index in [1.807, 2.05) is 35.4 Å². The van der Waals surface area contributed by atoms with Crippen molar-refractivity contribution in [2.24, 2.45) is 0 Å². The summed E-state index contributed by atoms with van der Waals surface area (Å²) in [5, 5.41) is 12.9. The summed E-state index contributed by atoms with van der Waals surface area (Å²) in [6.07, 6.45) is 7.00. The molecule has 2 aromatic rings. The van der Waals surface area contributed by atoms with Crippen molar-refractivity contribution in [1.82, 2.24) is 14.8 Å². The summed E-state index contributed by atoms with van der Waals surface area (Å²) in [4.78, 5) is 38.9. The van der Waals surface area contributed by atoms with Gasteiger partial charge in [0.25, 0.3) is 5.91 Å². The topological polar surface area (TPSA) is 110 Å². The average Bonchev–Trinajstić information content (AvgIpc) is 3.47. The van der Waals surface area contributed by atoms with E-state index in [1.165, 1.54) is 6.92 Å². The van der Waals surface area contributed by atoms with E-state index in [0.717, 1.165) is 29.4 Å². The SMILES string of the molecule is CC(=O)n1cc([C@@H]2C=C(C(=O)NCCCN3CCCC3=O)O[C@H](OCCCCO)C2)c2ccccc21. The Morgan fingerprint density at radius 3 is 2.81 bits per heavy atom. The van der Waals surface area contributed by atoms with Gasteiger partial charge in [-0.25, -0.2) is 0 Å². The number of ether oxygens (including phenoxy) is 2. The molecule has 0 unspecified atom stereocenters. The molecule has 1 fully saturated rings. The number of para-hydroxylation sites is 1. The van der Waals surface area contributed by atoms with Crippen LogP contribution in [0.25, 0.3) is 10.9 Å². The molecule has 1 saturated heterocycles. The Hall–Kier alpha value is -3.17. The number of carbonyl (C=O) groups excluding carboxylic acids is 3. The number of aliphatic hydroxyl groups is 1. The van der Waals surface area contributed by atoms with Crippen molar-refractivity contribution in [2.75, 3.05) is 32.8 Å². The number of unbranched alkanes of at least 4 members (excludes halogenated alkanes) is 1. The van der Waals surface area contributed by atoms with Gasteiger partial charge >= 0.3 is 0 Å². The lowest BCUT2D eigenvalue weighted by Gasteiger charge is -2.29. The Kier molecular flexibility index (Phi) is 8.77. The highest BCUT2D eigenvalue weighted by molar-refractivity contribution is 5.95. The number of aromatic nitrogens is 1. The Balaban J connectivity index is 1.49. The fourth-order valence-electron chi connectivity index (χ4n) is 4.83. The van der Waals surface area contributed by atoms with Crippen molar-refractivity contribution < 1.29 is 29.0 Å². The van der Waals surface area contributed by atoms with E-state index in [2.05, 4.69) is 5.32 Å². The number of amides is 2. The first-order chi connectivity index (χ1) is 17.5. The maximum absolute atomic E-state index is 13.0. The smallest absolute Gasteiger partial charge is 0.286 e. The van der Waals surface area contributed by atoms with Gasteiger partial charge in [0.15, 0.2) is 5.76 Å². The summed E-state index contributed by atoms with van der Waals surface area (Å²) in [5.41, 5.74) is 1.76. The van der Waals surface area contributed by atoms with Crippen LogP contribution in [0.2, 0.25) is 0 Å². The van der Waals surface area contributed by atoms with Gasteiger partial charge in [-0.15, -0.1) is 0 Å². The van der Waals surface area contributed by atoms with Crippen LogP contribution in [0.4, 0.5) is 0 Å². The average molecular weight is 498 g/mol. The predicted molar refractivity (Wildman–Crippen MR) is 134 cm³/mol. The molecule has 9 heteroatoms. The van der Waals surface area contributed by atoms with E-state index in [-0.39, 0.29) is 36.0 Å². The number of nitrogens with zero attached hydrogens (tertiary/aromatic N) is 2. The Labute approximate surface area is 211 Å². The lowest BCUT2D eigenvalue weighted by atomic mass is 9.92. The molecule has 2 N–H and O–H groups in total. The number of allylic oxidation sites excluding steroid dienone is 1. The Bertz CT molecular complexity index is 1120. The van der Waals surface area contributed by atoms with Gasteiger partial charge in [0.1, 0.15) is 0 Å². The van der Waals surface area contributed by atoms with E-state index >= 15 is 0 Å². The van der Waals surface area contributed by atoms with Crippen LogP contribution in [0.3, 0.4) is 0 Å². The minimum absolute atomic E-state index is 0.0836. The van der Waals surface area contributed by atoms with Crippen LogP contribution in [-0.4, -0.2) is 71.4 Å². The molecule has 0 bridgehead atoms. The van der Waals surface area contributed by atoms with Gasteiger partial charge in [-0.05, 0) is 43.4 Å². The summed E-state index contributed by atoms with van der Waals surface area (Å²) in [5.74, 6) is -0.231. The molecule has 1 aromatic carbocycles. The molecule has 0 radical (unpaired) electrons. The number of aliphatic hydroxyl groups excluding tert-OH is 1. The lowest BCUT2D eigenvalue weighted by molar-refractivity contribution is -0.146. The van der Waals surface area contributed by atoms with E-state index in [4.69, 9.17) is 14.6 Å². The normalized spacial score (nSPS) is 19.9. The van der Waals surface area contributed by atoms with Crippen molar-refractivity contribution in [3.8, 4) is 0 Å². The van der Waals surface area contributed by atoms with Crippen molar-refractivity contribution >= 4 is 28.6 Å². The molecule has 2 amide bonds. The fraction of sp³-hybridized carbons (Fsp3) is 0.519. The zero-order valence-electron chi connectivity index (χ0n) is 20.8. The maximum Gasteiger partial charge on any atom is 0.286 e. The number of carbonyl (C=O) groups is 3. The van der Waals surface area contributed by atoms with E-state index < -0.39 is 6.29 Å². The van der Waals surface area contributed by atoms with Gasteiger partial charge in [-0.2, -0.15) is 0 Å². The van der Waals surface area contributed by atoms with Crippen molar-refractivity contribution in [1.29, 1.82) is 0 Å². The molecule has 0 spiro atoms. The predicted octanol–water partition coefficient (Wildman–Crippen LogP) is 2.93. The van der Waals surface area contributed by atoms with E-state index in [9.17, 15) is 14.4 Å². The first-order valence-electron chi connectivity index (χ1n) is 12.8. The molecule has 0 saturated carbocycles. The number of nitrogens with one attached hydrogen (secondary N) is 1. The highest BCUT2D eigenvalue weighted by Crippen LogP contribution is 2.36. The van der Waals surface area contributed by atoms with Crippen LogP contribution in [0.1, 0.15) is 61.7 Å². The van der Waals surface area contributed by atoms with Gasteiger partial charge in [0.2, 0.25) is 18.1 Å². The third-order valence-corrected chi connectivity index (χ3v) is 6.68.